The van der Waals surface area contributed by atoms with E-state index < -0.39 is 0 Å². The summed E-state index contributed by atoms with van der Waals surface area (Å²) in [5.41, 5.74) is 1.19. The lowest BCUT2D eigenvalue weighted by molar-refractivity contribution is 0.265. The lowest BCUT2D eigenvalue weighted by Crippen LogP contribution is -2.30. The van der Waals surface area contributed by atoms with Crippen LogP contribution >= 0.6 is 0 Å². The number of benzene rings is 1. The van der Waals surface area contributed by atoms with Gasteiger partial charge in [-0.25, -0.2) is 4.39 Å². The second kappa shape index (κ2) is 10.7. The SMILES string of the molecule is CCCCN(CC)CCC(NCCC)c1ccc(F)cc1. The van der Waals surface area contributed by atoms with Crippen molar-refractivity contribution in [1.82, 2.24) is 10.2 Å². The highest BCUT2D eigenvalue weighted by molar-refractivity contribution is 5.20. The number of nitrogens with zero attached hydrogens (tertiary/aromatic N) is 1. The molecule has 120 valence electrons. The third-order valence-electron chi connectivity index (χ3n) is 3.92. The minimum absolute atomic E-state index is 0.161. The molecule has 0 saturated carbocycles. The first-order chi connectivity index (χ1) is 10.2. The monoisotopic (exact) mass is 294 g/mol. The molecule has 1 unspecified atom stereocenters. The molecular formula is C18H31FN2. The van der Waals surface area contributed by atoms with Crippen LogP contribution in [0.5, 0.6) is 0 Å². The van der Waals surface area contributed by atoms with Gasteiger partial charge in [-0.2, -0.15) is 0 Å². The van der Waals surface area contributed by atoms with Crippen LogP contribution in [0, 0.1) is 5.82 Å². The third kappa shape index (κ3) is 7.05. The van der Waals surface area contributed by atoms with E-state index in [2.05, 4.69) is 31.0 Å². The van der Waals surface area contributed by atoms with E-state index in [-0.39, 0.29) is 5.82 Å². The number of nitrogens with one attached hydrogen (secondary N) is 1. The first kappa shape index (κ1) is 18.1. The number of unbranched alkanes of at least 4 members (excludes halogenated alkanes) is 1. The fourth-order valence-electron chi connectivity index (χ4n) is 2.52. The van der Waals surface area contributed by atoms with Crippen molar-refractivity contribution in [1.29, 1.82) is 0 Å². The summed E-state index contributed by atoms with van der Waals surface area (Å²) in [6, 6.07) is 7.26. The Morgan fingerprint density at radius 1 is 1.05 bits per heavy atom. The van der Waals surface area contributed by atoms with Crippen LogP contribution in [-0.2, 0) is 0 Å². The van der Waals surface area contributed by atoms with Gasteiger partial charge in [0.05, 0.1) is 0 Å². The van der Waals surface area contributed by atoms with Crippen molar-refractivity contribution in [2.45, 2.75) is 52.5 Å². The van der Waals surface area contributed by atoms with Gasteiger partial charge in [0.1, 0.15) is 5.82 Å². The van der Waals surface area contributed by atoms with Crippen molar-refractivity contribution in [3.05, 3.63) is 35.6 Å². The summed E-state index contributed by atoms with van der Waals surface area (Å²) in [5, 5.41) is 3.59. The molecule has 1 aromatic rings. The number of rotatable bonds is 11. The van der Waals surface area contributed by atoms with Crippen LogP contribution in [-0.4, -0.2) is 31.1 Å². The average Bonchev–Trinajstić information content (AvgIpc) is 2.51. The van der Waals surface area contributed by atoms with E-state index in [1.54, 1.807) is 12.1 Å². The summed E-state index contributed by atoms with van der Waals surface area (Å²) in [6.45, 7) is 11.0. The molecule has 0 radical (unpaired) electrons. The normalized spacial score (nSPS) is 12.8. The Morgan fingerprint density at radius 3 is 2.33 bits per heavy atom. The molecule has 0 spiro atoms. The maximum atomic E-state index is 13.1. The van der Waals surface area contributed by atoms with Crippen LogP contribution in [0.15, 0.2) is 24.3 Å². The molecule has 0 saturated heterocycles. The van der Waals surface area contributed by atoms with Crippen molar-refractivity contribution < 1.29 is 4.39 Å². The zero-order valence-electron chi connectivity index (χ0n) is 13.9. The average molecular weight is 294 g/mol. The fourth-order valence-corrected chi connectivity index (χ4v) is 2.52. The summed E-state index contributed by atoms with van der Waals surface area (Å²) in [7, 11) is 0. The van der Waals surface area contributed by atoms with Crippen LogP contribution in [0.3, 0.4) is 0 Å². The van der Waals surface area contributed by atoms with Crippen molar-refractivity contribution in [3.8, 4) is 0 Å². The van der Waals surface area contributed by atoms with Gasteiger partial charge in [0.15, 0.2) is 0 Å². The lowest BCUT2D eigenvalue weighted by Gasteiger charge is -2.25. The minimum Gasteiger partial charge on any atom is -0.310 e. The molecule has 3 heteroatoms. The van der Waals surface area contributed by atoms with Gasteiger partial charge in [-0.1, -0.05) is 39.3 Å². The van der Waals surface area contributed by atoms with E-state index in [1.165, 1.54) is 24.9 Å². The third-order valence-corrected chi connectivity index (χ3v) is 3.92. The molecule has 1 N–H and O–H groups in total. The van der Waals surface area contributed by atoms with Crippen LogP contribution in [0.2, 0.25) is 0 Å². The van der Waals surface area contributed by atoms with E-state index in [9.17, 15) is 4.39 Å². The smallest absolute Gasteiger partial charge is 0.123 e. The Hall–Kier alpha value is -0.930. The van der Waals surface area contributed by atoms with Gasteiger partial charge in [0, 0.05) is 6.04 Å². The second-order valence-electron chi connectivity index (χ2n) is 5.63. The molecule has 0 aliphatic heterocycles. The first-order valence-corrected chi connectivity index (χ1v) is 8.42. The van der Waals surface area contributed by atoms with Crippen LogP contribution in [0.1, 0.15) is 58.1 Å². The van der Waals surface area contributed by atoms with Crippen LogP contribution in [0.25, 0.3) is 0 Å². The number of hydrogen-bond donors (Lipinski definition) is 1. The molecule has 0 amide bonds. The molecule has 0 fully saturated rings. The van der Waals surface area contributed by atoms with E-state index >= 15 is 0 Å². The Bertz CT molecular complexity index is 364. The summed E-state index contributed by atoms with van der Waals surface area (Å²) in [5.74, 6) is -0.161. The molecule has 2 nitrogen and oxygen atoms in total. The van der Waals surface area contributed by atoms with Crippen molar-refractivity contribution in [2.24, 2.45) is 0 Å². The minimum atomic E-state index is -0.161. The largest absolute Gasteiger partial charge is 0.310 e. The molecule has 0 aromatic heterocycles. The maximum Gasteiger partial charge on any atom is 0.123 e. The second-order valence-corrected chi connectivity index (χ2v) is 5.63. The molecule has 21 heavy (non-hydrogen) atoms. The Morgan fingerprint density at radius 2 is 1.76 bits per heavy atom. The highest BCUT2D eigenvalue weighted by Gasteiger charge is 2.12. The number of halogens is 1. The topological polar surface area (TPSA) is 15.3 Å². The van der Waals surface area contributed by atoms with Gasteiger partial charge in [-0.3, -0.25) is 0 Å². The number of hydrogen-bond acceptors (Lipinski definition) is 2. The summed E-state index contributed by atoms with van der Waals surface area (Å²) in [6.07, 6.45) is 4.69. The van der Waals surface area contributed by atoms with Gasteiger partial charge in [-0.05, 0) is 63.1 Å². The molecule has 0 aliphatic rings. The van der Waals surface area contributed by atoms with E-state index in [1.807, 2.05) is 12.1 Å². The van der Waals surface area contributed by atoms with Gasteiger partial charge < -0.3 is 10.2 Å². The van der Waals surface area contributed by atoms with Gasteiger partial charge in [0.25, 0.3) is 0 Å². The van der Waals surface area contributed by atoms with Crippen molar-refractivity contribution in [2.75, 3.05) is 26.2 Å². The van der Waals surface area contributed by atoms with E-state index in [4.69, 9.17) is 0 Å². The zero-order valence-corrected chi connectivity index (χ0v) is 13.9. The highest BCUT2D eigenvalue weighted by Crippen LogP contribution is 2.18. The predicted molar refractivity (Wildman–Crippen MR) is 89.1 cm³/mol. The molecule has 0 aliphatic carbocycles. The van der Waals surface area contributed by atoms with Crippen LogP contribution in [0.4, 0.5) is 4.39 Å². The summed E-state index contributed by atoms with van der Waals surface area (Å²) in [4.78, 5) is 2.51. The molecular weight excluding hydrogens is 263 g/mol. The van der Waals surface area contributed by atoms with Crippen LogP contribution < -0.4 is 5.32 Å². The quantitative estimate of drug-likeness (QED) is 0.651. The first-order valence-electron chi connectivity index (χ1n) is 8.42. The Kier molecular flexibility index (Phi) is 9.27. The summed E-state index contributed by atoms with van der Waals surface area (Å²) >= 11 is 0. The highest BCUT2D eigenvalue weighted by atomic mass is 19.1. The van der Waals surface area contributed by atoms with Crippen molar-refractivity contribution >= 4 is 0 Å². The zero-order chi connectivity index (χ0) is 15.5. The molecule has 1 rings (SSSR count). The lowest BCUT2D eigenvalue weighted by atomic mass is 10.0. The Labute approximate surface area is 129 Å². The van der Waals surface area contributed by atoms with Crippen molar-refractivity contribution in [3.63, 3.8) is 0 Å². The fraction of sp³-hybridized carbons (Fsp3) is 0.667. The molecule has 0 heterocycles. The maximum absolute atomic E-state index is 13.1. The molecule has 1 aromatic carbocycles. The molecule has 0 bridgehead atoms. The standard InChI is InChI=1S/C18H31FN2/c1-4-7-14-21(6-3)15-12-18(20-13-5-2)16-8-10-17(19)11-9-16/h8-11,18,20H,4-7,12-15H2,1-3H3. The van der Waals surface area contributed by atoms with Gasteiger partial charge in [0.2, 0.25) is 0 Å². The van der Waals surface area contributed by atoms with Gasteiger partial charge >= 0.3 is 0 Å². The molecule has 1 atom stereocenters. The predicted octanol–water partition coefficient (Wildman–Crippen LogP) is 4.38. The summed E-state index contributed by atoms with van der Waals surface area (Å²) < 4.78 is 13.1. The van der Waals surface area contributed by atoms with E-state index in [0.717, 1.165) is 32.5 Å². The van der Waals surface area contributed by atoms with E-state index in [0.29, 0.717) is 6.04 Å². The van der Waals surface area contributed by atoms with Gasteiger partial charge in [-0.15, -0.1) is 0 Å². The Balaban J connectivity index is 2.58.